The number of aromatic nitrogens is 1. The van der Waals surface area contributed by atoms with Crippen LogP contribution >= 0.6 is 11.3 Å². The van der Waals surface area contributed by atoms with E-state index in [4.69, 9.17) is 0 Å². The van der Waals surface area contributed by atoms with Gasteiger partial charge in [0.2, 0.25) is 11.8 Å². The molecule has 4 heterocycles. The van der Waals surface area contributed by atoms with Crippen molar-refractivity contribution in [3.05, 3.63) is 46.8 Å². The van der Waals surface area contributed by atoms with E-state index in [1.165, 1.54) is 0 Å². The number of likely N-dealkylation sites (tertiary alicyclic amines) is 1. The Kier molecular flexibility index (Phi) is 5.58. The number of nitrogens with zero attached hydrogens (tertiary/aromatic N) is 4. The largest absolute Gasteiger partial charge is 0.355 e. The van der Waals surface area contributed by atoms with E-state index in [1.807, 2.05) is 54.7 Å². The van der Waals surface area contributed by atoms with Crippen LogP contribution in [0, 0.1) is 11.3 Å². The lowest BCUT2D eigenvalue weighted by Crippen LogP contribution is -2.47. The maximum absolute atomic E-state index is 13.3. The second-order valence-electron chi connectivity index (χ2n) is 8.32. The van der Waals surface area contributed by atoms with Crippen LogP contribution in [0.2, 0.25) is 0 Å². The molecule has 6 nitrogen and oxygen atoms in total. The van der Waals surface area contributed by atoms with Crippen LogP contribution in [0.25, 0.3) is 0 Å². The number of rotatable bonds is 4. The van der Waals surface area contributed by atoms with E-state index >= 15 is 0 Å². The molecular formula is C22H28N4O2S. The summed E-state index contributed by atoms with van der Waals surface area (Å²) in [4.78, 5) is 37.8. The predicted molar refractivity (Wildman–Crippen MR) is 115 cm³/mol. The molecule has 0 saturated carbocycles. The smallest absolute Gasteiger partial charge is 0.230 e. The second-order valence-corrected chi connectivity index (χ2v) is 9.35. The van der Waals surface area contributed by atoms with Crippen molar-refractivity contribution < 1.29 is 9.59 Å². The van der Waals surface area contributed by atoms with Crippen molar-refractivity contribution in [2.24, 2.45) is 11.3 Å². The van der Waals surface area contributed by atoms with Crippen molar-refractivity contribution in [3.63, 3.8) is 0 Å². The molecule has 7 heteroatoms. The van der Waals surface area contributed by atoms with Gasteiger partial charge in [0, 0.05) is 57.3 Å². The van der Waals surface area contributed by atoms with Gasteiger partial charge in [0.25, 0.3) is 0 Å². The molecule has 2 atom stereocenters. The molecule has 2 aliphatic heterocycles. The third-order valence-corrected chi connectivity index (χ3v) is 7.13. The summed E-state index contributed by atoms with van der Waals surface area (Å²) >= 11 is 1.62. The molecule has 2 fully saturated rings. The lowest BCUT2D eigenvalue weighted by atomic mass is 9.74. The molecule has 0 bridgehead atoms. The van der Waals surface area contributed by atoms with Crippen LogP contribution in [0.4, 0.5) is 5.82 Å². The molecule has 0 unspecified atom stereocenters. The van der Waals surface area contributed by atoms with Gasteiger partial charge in [-0.05, 0) is 36.4 Å². The summed E-state index contributed by atoms with van der Waals surface area (Å²) in [5, 5.41) is 2.01. The van der Waals surface area contributed by atoms with Crippen molar-refractivity contribution in [1.82, 2.24) is 14.8 Å². The first-order valence-corrected chi connectivity index (χ1v) is 11.1. The molecular weight excluding hydrogens is 384 g/mol. The highest BCUT2D eigenvalue weighted by atomic mass is 32.1. The van der Waals surface area contributed by atoms with E-state index in [9.17, 15) is 9.59 Å². The number of anilines is 1. The number of carbonyl (C=O) groups excluding carboxylic acids is 2. The molecule has 0 aromatic carbocycles. The fourth-order valence-corrected chi connectivity index (χ4v) is 5.54. The third-order valence-electron chi connectivity index (χ3n) is 6.25. The fraction of sp³-hybridized carbons (Fsp3) is 0.500. The van der Waals surface area contributed by atoms with Crippen LogP contribution in [-0.4, -0.2) is 66.9 Å². The van der Waals surface area contributed by atoms with Gasteiger partial charge in [-0.25, -0.2) is 4.98 Å². The summed E-state index contributed by atoms with van der Waals surface area (Å²) in [6.07, 6.45) is 3.90. The molecule has 4 rings (SSSR count). The minimum Gasteiger partial charge on any atom is -0.355 e. The highest BCUT2D eigenvalue weighted by molar-refractivity contribution is 7.10. The Balaban J connectivity index is 1.58. The molecule has 0 N–H and O–H groups in total. The average Bonchev–Trinajstić information content (AvgIpc) is 3.32. The Labute approximate surface area is 176 Å². The Morgan fingerprint density at radius 3 is 2.79 bits per heavy atom. The van der Waals surface area contributed by atoms with Crippen molar-refractivity contribution in [3.8, 4) is 0 Å². The highest BCUT2D eigenvalue weighted by Gasteiger charge is 2.54. The highest BCUT2D eigenvalue weighted by Crippen LogP contribution is 2.45. The molecule has 2 aliphatic rings. The third kappa shape index (κ3) is 3.88. The van der Waals surface area contributed by atoms with E-state index in [2.05, 4.69) is 9.88 Å². The van der Waals surface area contributed by atoms with E-state index in [-0.39, 0.29) is 17.7 Å². The van der Waals surface area contributed by atoms with Crippen LogP contribution in [-0.2, 0) is 16.0 Å². The molecule has 0 aliphatic carbocycles. The summed E-state index contributed by atoms with van der Waals surface area (Å²) in [6.45, 7) is 2.78. The van der Waals surface area contributed by atoms with Crippen LogP contribution in [0.1, 0.15) is 17.7 Å². The zero-order valence-corrected chi connectivity index (χ0v) is 17.9. The standard InChI is InChI=1S/C22H28N4O2S/c1-24(2)21(28)22-9-6-11-25(20(27)13-18-7-5-12-29-18)14-17(22)15-26(16-22)19-8-3-4-10-23-19/h3-5,7-8,10,12,17H,6,9,11,13-16H2,1-2H3/t17-,22-/m0/s1. The van der Waals surface area contributed by atoms with Gasteiger partial charge in [0.1, 0.15) is 5.82 Å². The molecule has 2 aromatic heterocycles. The maximum Gasteiger partial charge on any atom is 0.230 e. The molecule has 0 spiro atoms. The number of pyridine rings is 1. The van der Waals surface area contributed by atoms with Crippen molar-refractivity contribution in [2.75, 3.05) is 45.2 Å². The number of carbonyl (C=O) groups is 2. The molecule has 0 radical (unpaired) electrons. The molecule has 154 valence electrons. The number of fused-ring (bicyclic) bond motifs is 1. The number of amides is 2. The van der Waals surface area contributed by atoms with Crippen molar-refractivity contribution in [1.29, 1.82) is 0 Å². The minimum atomic E-state index is -0.459. The summed E-state index contributed by atoms with van der Waals surface area (Å²) < 4.78 is 0. The summed E-state index contributed by atoms with van der Waals surface area (Å²) in [7, 11) is 3.67. The summed E-state index contributed by atoms with van der Waals surface area (Å²) in [5.41, 5.74) is -0.459. The molecule has 2 amide bonds. The molecule has 2 saturated heterocycles. The number of thiophene rings is 1. The van der Waals surface area contributed by atoms with Gasteiger partial charge in [-0.2, -0.15) is 0 Å². The second kappa shape index (κ2) is 8.14. The van der Waals surface area contributed by atoms with Gasteiger partial charge < -0.3 is 14.7 Å². The zero-order valence-electron chi connectivity index (χ0n) is 17.1. The SMILES string of the molecule is CN(C)C(=O)[C@]12CCCN(C(=O)Cc3cccs3)C[C@H]1CN(c1ccccn1)C2. The number of hydrogen-bond acceptors (Lipinski definition) is 5. The predicted octanol–water partition coefficient (Wildman–Crippen LogP) is 2.52. The first-order chi connectivity index (χ1) is 14.0. The fourth-order valence-electron chi connectivity index (χ4n) is 4.84. The summed E-state index contributed by atoms with van der Waals surface area (Å²) in [5.74, 6) is 1.35. The average molecular weight is 413 g/mol. The topological polar surface area (TPSA) is 56.8 Å². The van der Waals surface area contributed by atoms with Crippen LogP contribution < -0.4 is 4.90 Å². The van der Waals surface area contributed by atoms with Crippen molar-refractivity contribution >= 4 is 29.0 Å². The van der Waals surface area contributed by atoms with Crippen molar-refractivity contribution in [2.45, 2.75) is 19.3 Å². The van der Waals surface area contributed by atoms with Gasteiger partial charge in [0.15, 0.2) is 0 Å². The van der Waals surface area contributed by atoms with Gasteiger partial charge in [0.05, 0.1) is 11.8 Å². The lowest BCUT2D eigenvalue weighted by molar-refractivity contribution is -0.142. The van der Waals surface area contributed by atoms with Gasteiger partial charge >= 0.3 is 0 Å². The normalized spacial score (nSPS) is 24.1. The Bertz CT molecular complexity index is 855. The first-order valence-electron chi connectivity index (χ1n) is 10.2. The Hall–Kier alpha value is -2.41. The summed E-state index contributed by atoms with van der Waals surface area (Å²) in [6, 6.07) is 9.88. The van der Waals surface area contributed by atoms with E-state index < -0.39 is 5.41 Å². The van der Waals surface area contributed by atoms with Gasteiger partial charge in [-0.1, -0.05) is 12.1 Å². The van der Waals surface area contributed by atoms with E-state index in [0.717, 1.165) is 36.6 Å². The molecule has 2 aromatic rings. The van der Waals surface area contributed by atoms with Gasteiger partial charge in [-0.15, -0.1) is 11.3 Å². The zero-order chi connectivity index (χ0) is 20.4. The maximum atomic E-state index is 13.3. The molecule has 29 heavy (non-hydrogen) atoms. The van der Waals surface area contributed by atoms with Crippen LogP contribution in [0.3, 0.4) is 0 Å². The number of hydrogen-bond donors (Lipinski definition) is 0. The minimum absolute atomic E-state index is 0.106. The lowest BCUT2D eigenvalue weighted by Gasteiger charge is -2.34. The van der Waals surface area contributed by atoms with Gasteiger partial charge in [-0.3, -0.25) is 9.59 Å². The van der Waals surface area contributed by atoms with E-state index in [0.29, 0.717) is 19.5 Å². The van der Waals surface area contributed by atoms with Crippen LogP contribution in [0.5, 0.6) is 0 Å². The quantitative estimate of drug-likeness (QED) is 0.774. The monoisotopic (exact) mass is 412 g/mol. The van der Waals surface area contributed by atoms with E-state index in [1.54, 1.807) is 22.4 Å². The Morgan fingerprint density at radius 1 is 1.24 bits per heavy atom. The Morgan fingerprint density at radius 2 is 2.10 bits per heavy atom. The first kappa shape index (κ1) is 19.9. The van der Waals surface area contributed by atoms with Crippen LogP contribution in [0.15, 0.2) is 41.9 Å².